The zero-order chi connectivity index (χ0) is 21.0. The lowest BCUT2D eigenvalue weighted by Crippen LogP contribution is -2.31. The molecule has 152 valence electrons. The van der Waals surface area contributed by atoms with Crippen molar-refractivity contribution in [3.63, 3.8) is 0 Å². The summed E-state index contributed by atoms with van der Waals surface area (Å²) in [5.41, 5.74) is 1.68. The van der Waals surface area contributed by atoms with Crippen LogP contribution in [0.5, 0.6) is 5.75 Å². The summed E-state index contributed by atoms with van der Waals surface area (Å²) in [6.45, 7) is 3.88. The van der Waals surface area contributed by atoms with Crippen LogP contribution in [0.1, 0.15) is 25.0 Å². The molecule has 0 atom stereocenters. The largest absolute Gasteiger partial charge is 0.491 e. The van der Waals surface area contributed by atoms with Crippen molar-refractivity contribution in [2.24, 2.45) is 0 Å². The number of hydrogen-bond acceptors (Lipinski definition) is 5. The number of halogens is 1. The lowest BCUT2D eigenvalue weighted by molar-refractivity contribution is -0.137. The van der Waals surface area contributed by atoms with Crippen molar-refractivity contribution in [2.45, 2.75) is 26.5 Å². The Kier molecular flexibility index (Phi) is 7.00. The van der Waals surface area contributed by atoms with Crippen LogP contribution in [0.3, 0.4) is 0 Å². The molecule has 1 N–H and O–H groups in total. The van der Waals surface area contributed by atoms with Crippen LogP contribution in [0, 0.1) is 0 Å². The monoisotopic (exact) mass is 431 g/mol. The third-order valence-electron chi connectivity index (χ3n) is 4.26. The number of thioether (sulfide) groups is 1. The number of amides is 2. The second kappa shape index (κ2) is 9.48. The minimum atomic E-state index is -0.370. The van der Waals surface area contributed by atoms with Crippen molar-refractivity contribution >= 4 is 40.8 Å². The molecular formula is C22H22ClNO4S. The molecule has 3 rings (SSSR count). The molecule has 1 heterocycles. The summed E-state index contributed by atoms with van der Waals surface area (Å²) < 4.78 is 5.65. The average molecular weight is 432 g/mol. The second-order valence-electron chi connectivity index (χ2n) is 6.76. The summed E-state index contributed by atoms with van der Waals surface area (Å²) in [6, 6.07) is 14.2. The van der Waals surface area contributed by atoms with Crippen LogP contribution in [0.15, 0.2) is 53.4 Å². The predicted molar refractivity (Wildman–Crippen MR) is 116 cm³/mol. The number of carbonyl (C=O) groups is 2. The van der Waals surface area contributed by atoms with Crippen molar-refractivity contribution in [2.75, 3.05) is 12.4 Å². The van der Waals surface area contributed by atoms with Gasteiger partial charge in [0.15, 0.2) is 0 Å². The minimum absolute atomic E-state index is 0.0385. The fraction of sp³-hybridized carbons (Fsp3) is 0.273. The number of nitrogens with zero attached hydrogens (tertiary/aromatic N) is 1. The van der Waals surface area contributed by atoms with E-state index in [9.17, 15) is 14.7 Å². The maximum Gasteiger partial charge on any atom is 0.268 e. The van der Waals surface area contributed by atoms with E-state index in [1.54, 1.807) is 42.5 Å². The molecule has 0 radical (unpaired) electrons. The van der Waals surface area contributed by atoms with Crippen LogP contribution in [0.25, 0.3) is 5.57 Å². The van der Waals surface area contributed by atoms with Gasteiger partial charge in [0.2, 0.25) is 0 Å². The van der Waals surface area contributed by atoms with Crippen molar-refractivity contribution in [1.82, 2.24) is 4.90 Å². The van der Waals surface area contributed by atoms with Gasteiger partial charge >= 0.3 is 0 Å². The second-order valence-corrected chi connectivity index (χ2v) is 8.27. The third-order valence-corrected chi connectivity index (χ3v) is 5.69. The third kappa shape index (κ3) is 4.83. The van der Waals surface area contributed by atoms with Gasteiger partial charge in [0.05, 0.1) is 29.7 Å². The smallest absolute Gasteiger partial charge is 0.268 e. The van der Waals surface area contributed by atoms with E-state index in [1.165, 1.54) is 16.7 Å². The summed E-state index contributed by atoms with van der Waals surface area (Å²) in [4.78, 5) is 27.7. The highest BCUT2D eigenvalue weighted by Gasteiger charge is 2.39. The molecule has 0 aliphatic carbocycles. The van der Waals surface area contributed by atoms with E-state index in [-0.39, 0.29) is 31.1 Å². The number of aliphatic hydroxyl groups is 1. The highest BCUT2D eigenvalue weighted by atomic mass is 35.5. The van der Waals surface area contributed by atoms with Gasteiger partial charge in [-0.15, -0.1) is 11.8 Å². The molecule has 29 heavy (non-hydrogen) atoms. The van der Waals surface area contributed by atoms with E-state index in [0.717, 1.165) is 0 Å². The summed E-state index contributed by atoms with van der Waals surface area (Å²) in [7, 11) is 0. The SMILES string of the molecule is CC(C)Oc1ccc(C2=C(SCCO)C(=O)N(Cc3ccccc3Cl)C2=O)cc1. The molecule has 5 nitrogen and oxygen atoms in total. The molecule has 2 aromatic carbocycles. The highest BCUT2D eigenvalue weighted by molar-refractivity contribution is 8.04. The predicted octanol–water partition coefficient (Wildman–Crippen LogP) is 4.13. The van der Waals surface area contributed by atoms with E-state index in [2.05, 4.69) is 0 Å². The van der Waals surface area contributed by atoms with Crippen LogP contribution in [-0.4, -0.2) is 40.3 Å². The molecule has 0 saturated carbocycles. The first-order valence-corrected chi connectivity index (χ1v) is 10.6. The molecule has 0 bridgehead atoms. The zero-order valence-electron chi connectivity index (χ0n) is 16.2. The number of rotatable bonds is 8. The molecular weight excluding hydrogens is 410 g/mol. The van der Waals surface area contributed by atoms with E-state index in [0.29, 0.717) is 38.1 Å². The van der Waals surface area contributed by atoms with Crippen molar-refractivity contribution in [1.29, 1.82) is 0 Å². The van der Waals surface area contributed by atoms with E-state index < -0.39 is 0 Å². The molecule has 0 saturated heterocycles. The zero-order valence-corrected chi connectivity index (χ0v) is 17.8. The summed E-state index contributed by atoms with van der Waals surface area (Å²) >= 11 is 7.40. The number of imide groups is 1. The van der Waals surface area contributed by atoms with Gasteiger partial charge < -0.3 is 9.84 Å². The van der Waals surface area contributed by atoms with Crippen LogP contribution >= 0.6 is 23.4 Å². The normalized spacial score (nSPS) is 14.3. The van der Waals surface area contributed by atoms with Crippen LogP contribution < -0.4 is 4.74 Å². The molecule has 0 fully saturated rings. The van der Waals surface area contributed by atoms with E-state index in [1.807, 2.05) is 19.9 Å². The first-order valence-electron chi connectivity index (χ1n) is 9.27. The molecule has 1 aliphatic heterocycles. The first kappa shape index (κ1) is 21.4. The summed E-state index contributed by atoms with van der Waals surface area (Å²) in [6.07, 6.45) is 0.0385. The van der Waals surface area contributed by atoms with Gasteiger partial charge in [-0.1, -0.05) is 41.9 Å². The molecule has 7 heteroatoms. The topological polar surface area (TPSA) is 66.8 Å². The van der Waals surface area contributed by atoms with Crippen LogP contribution in [0.4, 0.5) is 0 Å². The Balaban J connectivity index is 1.93. The fourth-order valence-corrected chi connectivity index (χ4v) is 4.08. The Morgan fingerprint density at radius 2 is 1.76 bits per heavy atom. The fourth-order valence-electron chi connectivity index (χ4n) is 3.00. The van der Waals surface area contributed by atoms with Gasteiger partial charge in [-0.3, -0.25) is 14.5 Å². The molecule has 0 spiro atoms. The Bertz CT molecular complexity index is 940. The van der Waals surface area contributed by atoms with Gasteiger partial charge in [0, 0.05) is 10.8 Å². The van der Waals surface area contributed by atoms with Gasteiger partial charge in [0.25, 0.3) is 11.8 Å². The number of ether oxygens (including phenoxy) is 1. The highest BCUT2D eigenvalue weighted by Crippen LogP contribution is 2.37. The molecule has 2 aromatic rings. The maximum atomic E-state index is 13.2. The van der Waals surface area contributed by atoms with Crippen molar-refractivity contribution in [3.8, 4) is 5.75 Å². The van der Waals surface area contributed by atoms with Crippen LogP contribution in [-0.2, 0) is 16.1 Å². The number of benzene rings is 2. The Labute approximate surface area is 179 Å². The quantitative estimate of drug-likeness (QED) is 0.636. The van der Waals surface area contributed by atoms with Gasteiger partial charge in [-0.2, -0.15) is 0 Å². The van der Waals surface area contributed by atoms with Gasteiger partial charge in [-0.05, 0) is 43.2 Å². The Morgan fingerprint density at radius 1 is 1.07 bits per heavy atom. The van der Waals surface area contributed by atoms with Crippen LogP contribution in [0.2, 0.25) is 5.02 Å². The lowest BCUT2D eigenvalue weighted by Gasteiger charge is -2.16. The summed E-state index contributed by atoms with van der Waals surface area (Å²) in [5.74, 6) is 0.282. The maximum absolute atomic E-state index is 13.2. The molecule has 1 aliphatic rings. The van der Waals surface area contributed by atoms with E-state index >= 15 is 0 Å². The molecule has 0 aromatic heterocycles. The molecule has 0 unspecified atom stereocenters. The van der Waals surface area contributed by atoms with Crippen molar-refractivity contribution < 1.29 is 19.4 Å². The molecule has 2 amide bonds. The van der Waals surface area contributed by atoms with Crippen molar-refractivity contribution in [3.05, 3.63) is 69.6 Å². The summed E-state index contributed by atoms with van der Waals surface area (Å²) in [5, 5.41) is 9.71. The lowest BCUT2D eigenvalue weighted by atomic mass is 10.1. The average Bonchev–Trinajstić information content (AvgIpc) is 2.92. The number of aliphatic hydroxyl groups excluding tert-OH is 1. The first-order chi connectivity index (χ1) is 13.9. The van der Waals surface area contributed by atoms with Gasteiger partial charge in [-0.25, -0.2) is 0 Å². The standard InChI is InChI=1S/C22H22ClNO4S/c1-14(2)28-17-9-7-15(8-10-17)19-20(29-12-11-25)22(27)24(21(19)26)13-16-5-3-4-6-18(16)23/h3-10,14,25H,11-13H2,1-2H3. The number of hydrogen-bond donors (Lipinski definition) is 1. The van der Waals surface area contributed by atoms with E-state index in [4.69, 9.17) is 16.3 Å². The van der Waals surface area contributed by atoms with Gasteiger partial charge in [0.1, 0.15) is 5.75 Å². The number of carbonyl (C=O) groups excluding carboxylic acids is 2. The minimum Gasteiger partial charge on any atom is -0.491 e. The Morgan fingerprint density at radius 3 is 2.38 bits per heavy atom. The Hall–Kier alpha value is -2.28.